The first-order valence-corrected chi connectivity index (χ1v) is 6.67. The minimum Gasteiger partial charge on any atom is -0.490 e. The molecule has 0 bridgehead atoms. The molecule has 0 saturated heterocycles. The molecule has 4 heteroatoms. The molecule has 0 amide bonds. The number of pyridine rings is 1. The van der Waals surface area contributed by atoms with Gasteiger partial charge in [0, 0.05) is 18.3 Å². The van der Waals surface area contributed by atoms with Crippen LogP contribution < -0.4 is 10.1 Å². The highest BCUT2D eigenvalue weighted by Crippen LogP contribution is 2.36. The number of anilines is 1. The number of nitrogens with zero attached hydrogens (tertiary/aromatic N) is 2. The molecule has 0 radical (unpaired) electrons. The molecule has 1 aliphatic carbocycles. The van der Waals surface area contributed by atoms with Crippen LogP contribution in [-0.2, 0) is 0 Å². The molecule has 1 aromatic rings. The molecule has 4 nitrogen and oxygen atoms in total. The van der Waals surface area contributed by atoms with E-state index in [2.05, 4.69) is 29.3 Å². The van der Waals surface area contributed by atoms with Crippen LogP contribution in [0.4, 0.5) is 5.82 Å². The van der Waals surface area contributed by atoms with E-state index in [1.807, 2.05) is 19.1 Å². The molecule has 1 saturated carbocycles. The van der Waals surface area contributed by atoms with Gasteiger partial charge in [0.25, 0.3) is 0 Å². The Bertz CT molecular complexity index is 388. The molecule has 18 heavy (non-hydrogen) atoms. The Hall–Kier alpha value is -1.29. The highest BCUT2D eigenvalue weighted by molar-refractivity contribution is 5.49. The quantitative estimate of drug-likeness (QED) is 0.840. The van der Waals surface area contributed by atoms with Crippen LogP contribution >= 0.6 is 0 Å². The SMILES string of the molecule is CCOc1cccnc1NCC1(N(C)C)CCC1. The monoisotopic (exact) mass is 249 g/mol. The maximum atomic E-state index is 5.58. The number of rotatable bonds is 6. The second-order valence-electron chi connectivity index (χ2n) is 5.11. The van der Waals surface area contributed by atoms with Crippen LogP contribution in [0.5, 0.6) is 5.75 Å². The first-order valence-electron chi connectivity index (χ1n) is 6.67. The fourth-order valence-electron chi connectivity index (χ4n) is 2.41. The van der Waals surface area contributed by atoms with Gasteiger partial charge in [-0.25, -0.2) is 4.98 Å². The third-order valence-electron chi connectivity index (χ3n) is 3.89. The summed E-state index contributed by atoms with van der Waals surface area (Å²) >= 11 is 0. The lowest BCUT2D eigenvalue weighted by Crippen LogP contribution is -2.54. The lowest BCUT2D eigenvalue weighted by atomic mass is 9.75. The van der Waals surface area contributed by atoms with E-state index in [4.69, 9.17) is 4.74 Å². The van der Waals surface area contributed by atoms with Gasteiger partial charge < -0.3 is 15.0 Å². The van der Waals surface area contributed by atoms with Crippen molar-refractivity contribution in [2.24, 2.45) is 0 Å². The molecular weight excluding hydrogens is 226 g/mol. The summed E-state index contributed by atoms with van der Waals surface area (Å²) in [5.41, 5.74) is 0.293. The van der Waals surface area contributed by atoms with Gasteiger partial charge in [-0.3, -0.25) is 0 Å². The third kappa shape index (κ3) is 2.58. The lowest BCUT2D eigenvalue weighted by Gasteiger charge is -2.47. The third-order valence-corrected chi connectivity index (χ3v) is 3.89. The maximum absolute atomic E-state index is 5.58. The van der Waals surface area contributed by atoms with Crippen molar-refractivity contribution in [1.29, 1.82) is 0 Å². The van der Waals surface area contributed by atoms with Gasteiger partial charge in [-0.15, -0.1) is 0 Å². The van der Waals surface area contributed by atoms with Crippen LogP contribution in [0, 0.1) is 0 Å². The van der Waals surface area contributed by atoms with E-state index in [0.29, 0.717) is 12.1 Å². The summed E-state index contributed by atoms with van der Waals surface area (Å²) in [4.78, 5) is 6.69. The van der Waals surface area contributed by atoms with E-state index in [1.165, 1.54) is 19.3 Å². The molecule has 0 unspecified atom stereocenters. The van der Waals surface area contributed by atoms with E-state index < -0.39 is 0 Å². The topological polar surface area (TPSA) is 37.4 Å². The number of hydrogen-bond acceptors (Lipinski definition) is 4. The normalized spacial score (nSPS) is 17.3. The van der Waals surface area contributed by atoms with Gasteiger partial charge in [-0.2, -0.15) is 0 Å². The summed E-state index contributed by atoms with van der Waals surface area (Å²) in [5, 5.41) is 3.44. The Morgan fingerprint density at radius 3 is 2.78 bits per heavy atom. The predicted octanol–water partition coefficient (Wildman–Crippen LogP) is 2.38. The molecule has 0 atom stereocenters. The van der Waals surface area contributed by atoms with E-state index in [1.54, 1.807) is 6.20 Å². The van der Waals surface area contributed by atoms with E-state index in [0.717, 1.165) is 18.1 Å². The zero-order chi connectivity index (χ0) is 13.0. The predicted molar refractivity (Wildman–Crippen MR) is 74.2 cm³/mol. The molecule has 0 aromatic carbocycles. The summed E-state index contributed by atoms with van der Waals surface area (Å²) in [6, 6.07) is 3.86. The number of aromatic nitrogens is 1. The highest BCUT2D eigenvalue weighted by atomic mass is 16.5. The number of ether oxygens (including phenoxy) is 1. The molecule has 0 spiro atoms. The second-order valence-corrected chi connectivity index (χ2v) is 5.11. The Morgan fingerprint density at radius 1 is 1.44 bits per heavy atom. The Morgan fingerprint density at radius 2 is 2.22 bits per heavy atom. The molecule has 1 aromatic heterocycles. The summed E-state index contributed by atoms with van der Waals surface area (Å²) < 4.78 is 5.58. The number of likely N-dealkylation sites (N-methyl/N-ethyl adjacent to an activating group) is 1. The van der Waals surface area contributed by atoms with Crippen molar-refractivity contribution >= 4 is 5.82 Å². The largest absolute Gasteiger partial charge is 0.490 e. The fourth-order valence-corrected chi connectivity index (χ4v) is 2.41. The summed E-state index contributed by atoms with van der Waals surface area (Å²) in [6.07, 6.45) is 5.63. The number of hydrogen-bond donors (Lipinski definition) is 1. The Balaban J connectivity index is 2.01. The van der Waals surface area contributed by atoms with Crippen LogP contribution in [-0.4, -0.2) is 42.7 Å². The van der Waals surface area contributed by atoms with Gasteiger partial charge in [-0.05, 0) is 52.4 Å². The Labute approximate surface area is 109 Å². The minimum absolute atomic E-state index is 0.293. The molecule has 2 rings (SSSR count). The van der Waals surface area contributed by atoms with Crippen molar-refractivity contribution in [2.75, 3.05) is 32.6 Å². The minimum atomic E-state index is 0.293. The molecule has 1 heterocycles. The molecule has 1 aliphatic rings. The van der Waals surface area contributed by atoms with Gasteiger partial charge in [0.15, 0.2) is 11.6 Å². The molecule has 0 aliphatic heterocycles. The van der Waals surface area contributed by atoms with Crippen LogP contribution in [0.3, 0.4) is 0 Å². The smallest absolute Gasteiger partial charge is 0.168 e. The zero-order valence-electron chi connectivity index (χ0n) is 11.6. The average molecular weight is 249 g/mol. The van der Waals surface area contributed by atoms with Gasteiger partial charge in [0.2, 0.25) is 0 Å². The first kappa shape index (κ1) is 13.1. The van der Waals surface area contributed by atoms with Crippen molar-refractivity contribution in [3.63, 3.8) is 0 Å². The molecule has 1 N–H and O–H groups in total. The highest BCUT2D eigenvalue weighted by Gasteiger charge is 2.38. The second kappa shape index (κ2) is 5.57. The first-order chi connectivity index (χ1) is 8.68. The van der Waals surface area contributed by atoms with Crippen molar-refractivity contribution in [2.45, 2.75) is 31.7 Å². The van der Waals surface area contributed by atoms with Crippen LogP contribution in [0.1, 0.15) is 26.2 Å². The number of nitrogens with one attached hydrogen (secondary N) is 1. The van der Waals surface area contributed by atoms with E-state index >= 15 is 0 Å². The van der Waals surface area contributed by atoms with Gasteiger partial charge >= 0.3 is 0 Å². The standard InChI is InChI=1S/C14H23N3O/c1-4-18-12-7-5-10-15-13(12)16-11-14(17(2)3)8-6-9-14/h5,7,10H,4,6,8-9,11H2,1-3H3,(H,15,16). The van der Waals surface area contributed by atoms with Gasteiger partial charge in [0.05, 0.1) is 6.61 Å². The molecular formula is C14H23N3O. The van der Waals surface area contributed by atoms with Crippen LogP contribution in [0.25, 0.3) is 0 Å². The van der Waals surface area contributed by atoms with E-state index in [-0.39, 0.29) is 0 Å². The zero-order valence-corrected chi connectivity index (χ0v) is 11.6. The van der Waals surface area contributed by atoms with Gasteiger partial charge in [0.1, 0.15) is 0 Å². The summed E-state index contributed by atoms with van der Waals surface area (Å²) in [6.45, 7) is 3.58. The molecule has 1 fully saturated rings. The summed E-state index contributed by atoms with van der Waals surface area (Å²) in [5.74, 6) is 1.70. The van der Waals surface area contributed by atoms with Crippen molar-refractivity contribution in [3.8, 4) is 5.75 Å². The van der Waals surface area contributed by atoms with Crippen LogP contribution in [0.2, 0.25) is 0 Å². The Kier molecular flexibility index (Phi) is 4.07. The van der Waals surface area contributed by atoms with Crippen molar-refractivity contribution in [3.05, 3.63) is 18.3 Å². The van der Waals surface area contributed by atoms with Crippen molar-refractivity contribution < 1.29 is 4.74 Å². The maximum Gasteiger partial charge on any atom is 0.168 e. The van der Waals surface area contributed by atoms with E-state index in [9.17, 15) is 0 Å². The molecule has 100 valence electrons. The average Bonchev–Trinajstić information content (AvgIpc) is 2.29. The summed E-state index contributed by atoms with van der Waals surface area (Å²) in [7, 11) is 4.31. The van der Waals surface area contributed by atoms with Gasteiger partial charge in [-0.1, -0.05) is 0 Å². The van der Waals surface area contributed by atoms with Crippen LogP contribution in [0.15, 0.2) is 18.3 Å². The lowest BCUT2D eigenvalue weighted by molar-refractivity contribution is 0.0737. The fraction of sp³-hybridized carbons (Fsp3) is 0.643. The van der Waals surface area contributed by atoms with Crippen molar-refractivity contribution in [1.82, 2.24) is 9.88 Å².